The van der Waals surface area contributed by atoms with Gasteiger partial charge >= 0.3 is 0 Å². The van der Waals surface area contributed by atoms with Crippen LogP contribution in [0.15, 0.2) is 140 Å². The zero-order valence-corrected chi connectivity index (χ0v) is 26.4. The summed E-state index contributed by atoms with van der Waals surface area (Å²) in [6, 6.07) is 45.5. The summed E-state index contributed by atoms with van der Waals surface area (Å²) >= 11 is 3.76. The van der Waals surface area contributed by atoms with Crippen LogP contribution in [0.3, 0.4) is 0 Å². The molecule has 0 unspecified atom stereocenters. The fraction of sp³-hybridized carbons (Fsp3) is 0.0233. The minimum Gasteiger partial charge on any atom is -0.135 e. The molecule has 0 radical (unpaired) electrons. The first-order valence-electron chi connectivity index (χ1n) is 15.3. The number of allylic oxidation sites excluding steroid dienone is 2. The molecule has 0 N–H and O–H groups in total. The van der Waals surface area contributed by atoms with E-state index >= 15 is 0 Å². The van der Waals surface area contributed by atoms with Crippen molar-refractivity contribution in [3.8, 4) is 20.9 Å². The Labute approximate surface area is 269 Å². The van der Waals surface area contributed by atoms with Crippen molar-refractivity contribution in [3.63, 3.8) is 0 Å². The van der Waals surface area contributed by atoms with Crippen LogP contribution in [0.25, 0.3) is 90.2 Å². The summed E-state index contributed by atoms with van der Waals surface area (Å²) in [6.45, 7) is 5.98. The van der Waals surface area contributed by atoms with Gasteiger partial charge < -0.3 is 0 Å². The van der Waals surface area contributed by atoms with Crippen LogP contribution >= 0.6 is 22.7 Å². The Balaban J connectivity index is 1.16. The lowest BCUT2D eigenvalue weighted by Crippen LogP contribution is -1.82. The molecule has 0 aliphatic heterocycles. The monoisotopic (exact) mass is 608 g/mol. The molecule has 0 bridgehead atoms. The number of fused-ring (bicyclic) bond motifs is 10. The van der Waals surface area contributed by atoms with Crippen molar-refractivity contribution in [2.75, 3.05) is 0 Å². The van der Waals surface area contributed by atoms with Crippen LogP contribution in [0.2, 0.25) is 0 Å². The largest absolute Gasteiger partial charge is 0.135 e. The summed E-state index contributed by atoms with van der Waals surface area (Å²) in [5, 5.41) is 13.1. The molecule has 0 fully saturated rings. The maximum absolute atomic E-state index is 3.80. The van der Waals surface area contributed by atoms with Crippen LogP contribution in [-0.4, -0.2) is 0 Å². The topological polar surface area (TPSA) is 0 Å². The third-order valence-electron chi connectivity index (χ3n) is 9.19. The third-order valence-corrected chi connectivity index (χ3v) is 11.5. The van der Waals surface area contributed by atoms with Gasteiger partial charge in [-0.05, 0) is 103 Å². The summed E-state index contributed by atoms with van der Waals surface area (Å²) in [4.78, 5) is 2.62. The van der Waals surface area contributed by atoms with E-state index in [0.29, 0.717) is 0 Å². The maximum Gasteiger partial charge on any atom is 0.0355 e. The number of rotatable bonds is 4. The number of hydrogen-bond donors (Lipinski definition) is 0. The molecule has 2 heterocycles. The highest BCUT2D eigenvalue weighted by Gasteiger charge is 2.14. The van der Waals surface area contributed by atoms with Crippen molar-refractivity contribution in [3.05, 3.63) is 151 Å². The number of thiophene rings is 2. The van der Waals surface area contributed by atoms with E-state index < -0.39 is 0 Å². The fourth-order valence-corrected chi connectivity index (χ4v) is 9.04. The van der Waals surface area contributed by atoms with Crippen LogP contribution in [0.4, 0.5) is 0 Å². The summed E-state index contributed by atoms with van der Waals surface area (Å²) in [5.41, 5.74) is 5.06. The SMILES string of the molecule is C=C/C=C\c1ccc(-c2cc3c(ccc4c3ccc3c5ccc6sc(-c7ccc8ccccc8c7)cc6c5ccc43)s2)cc1C. The van der Waals surface area contributed by atoms with Gasteiger partial charge in [0, 0.05) is 29.9 Å². The van der Waals surface area contributed by atoms with Crippen LogP contribution in [-0.2, 0) is 0 Å². The molecular formula is C43H28S2. The normalized spacial score (nSPS) is 12.1. The molecule has 0 spiro atoms. The highest BCUT2D eigenvalue weighted by atomic mass is 32.1. The Hall–Kier alpha value is -5.02. The van der Waals surface area contributed by atoms with E-state index in [1.807, 2.05) is 34.8 Å². The van der Waals surface area contributed by atoms with Crippen molar-refractivity contribution >= 4 is 92.0 Å². The minimum absolute atomic E-state index is 1.23. The Morgan fingerprint density at radius 1 is 0.489 bits per heavy atom. The molecule has 9 aromatic rings. The van der Waals surface area contributed by atoms with Crippen molar-refractivity contribution in [2.24, 2.45) is 0 Å². The van der Waals surface area contributed by atoms with Crippen LogP contribution in [0.1, 0.15) is 11.1 Å². The van der Waals surface area contributed by atoms with E-state index in [0.717, 1.165) is 0 Å². The first-order valence-corrected chi connectivity index (χ1v) is 16.9. The first-order chi connectivity index (χ1) is 22.1. The van der Waals surface area contributed by atoms with Gasteiger partial charge in [-0.2, -0.15) is 0 Å². The maximum atomic E-state index is 3.80. The summed E-state index contributed by atoms with van der Waals surface area (Å²) < 4.78 is 2.66. The molecule has 7 aromatic carbocycles. The molecule has 0 saturated carbocycles. The second-order valence-electron chi connectivity index (χ2n) is 11.8. The summed E-state index contributed by atoms with van der Waals surface area (Å²) in [6.07, 6.45) is 5.93. The predicted molar refractivity (Wildman–Crippen MR) is 202 cm³/mol. The van der Waals surface area contributed by atoms with Gasteiger partial charge in [-0.3, -0.25) is 0 Å². The molecule has 212 valence electrons. The van der Waals surface area contributed by atoms with E-state index in [4.69, 9.17) is 0 Å². The van der Waals surface area contributed by atoms with E-state index in [1.54, 1.807) is 0 Å². The van der Waals surface area contributed by atoms with Crippen LogP contribution in [0.5, 0.6) is 0 Å². The van der Waals surface area contributed by atoms with Crippen molar-refractivity contribution in [2.45, 2.75) is 6.92 Å². The van der Waals surface area contributed by atoms with Gasteiger partial charge in [0.1, 0.15) is 0 Å². The Bertz CT molecular complexity index is 2680. The van der Waals surface area contributed by atoms with E-state index in [-0.39, 0.29) is 0 Å². The standard InChI is InChI=1S/C43H28S2/c1-3-4-7-27-10-12-30(22-26(27)2)42-24-38-36-16-14-33-32(34(36)18-20-40(38)44-42)15-17-37-35(33)19-21-41-39(37)25-43(45-41)31-13-11-28-8-5-6-9-29(28)23-31/h3-25H,1H2,2H3/b7-4-. The molecule has 2 aromatic heterocycles. The van der Waals surface area contributed by atoms with Gasteiger partial charge in [0.25, 0.3) is 0 Å². The average molecular weight is 609 g/mol. The lowest BCUT2D eigenvalue weighted by Gasteiger charge is -2.09. The van der Waals surface area contributed by atoms with Gasteiger partial charge in [0.2, 0.25) is 0 Å². The molecule has 0 aliphatic carbocycles. The molecule has 0 amide bonds. The van der Waals surface area contributed by atoms with E-state index in [9.17, 15) is 0 Å². The molecule has 2 heteroatoms. The first kappa shape index (κ1) is 26.4. The number of hydrogen-bond acceptors (Lipinski definition) is 2. The second-order valence-corrected chi connectivity index (χ2v) is 14.0. The number of benzene rings is 7. The predicted octanol–water partition coefficient (Wildman–Crippen LogP) is 13.6. The highest BCUT2D eigenvalue weighted by molar-refractivity contribution is 7.22. The van der Waals surface area contributed by atoms with Crippen molar-refractivity contribution < 1.29 is 0 Å². The lowest BCUT2D eigenvalue weighted by molar-refractivity contribution is 1.45. The van der Waals surface area contributed by atoms with Gasteiger partial charge in [-0.15, -0.1) is 22.7 Å². The molecule has 0 saturated heterocycles. The van der Waals surface area contributed by atoms with Crippen molar-refractivity contribution in [1.29, 1.82) is 0 Å². The molecule has 0 nitrogen and oxygen atoms in total. The third kappa shape index (κ3) is 4.25. The average Bonchev–Trinajstić information content (AvgIpc) is 3.72. The molecule has 0 atom stereocenters. The highest BCUT2D eigenvalue weighted by Crippen LogP contribution is 2.43. The molecule has 0 aliphatic rings. The lowest BCUT2D eigenvalue weighted by atomic mass is 9.94. The van der Waals surface area contributed by atoms with E-state index in [2.05, 4.69) is 141 Å². The fourth-order valence-electron chi connectivity index (χ4n) is 6.89. The quantitative estimate of drug-likeness (QED) is 0.138. The summed E-state index contributed by atoms with van der Waals surface area (Å²) in [5.74, 6) is 0. The molecule has 9 rings (SSSR count). The molecular weight excluding hydrogens is 581 g/mol. The Morgan fingerprint density at radius 2 is 1.00 bits per heavy atom. The van der Waals surface area contributed by atoms with Crippen molar-refractivity contribution in [1.82, 2.24) is 0 Å². The number of aryl methyl sites for hydroxylation is 1. The zero-order chi connectivity index (χ0) is 30.1. The Morgan fingerprint density at radius 3 is 1.58 bits per heavy atom. The summed E-state index contributed by atoms with van der Waals surface area (Å²) in [7, 11) is 0. The smallest absolute Gasteiger partial charge is 0.0355 e. The molecule has 45 heavy (non-hydrogen) atoms. The zero-order valence-electron chi connectivity index (χ0n) is 24.8. The second kappa shape index (κ2) is 10.3. The van der Waals surface area contributed by atoms with Gasteiger partial charge in [0.05, 0.1) is 0 Å². The van der Waals surface area contributed by atoms with Gasteiger partial charge in [-0.25, -0.2) is 0 Å². The van der Waals surface area contributed by atoms with Gasteiger partial charge in [0.15, 0.2) is 0 Å². The van der Waals surface area contributed by atoms with Gasteiger partial charge in [-0.1, -0.05) is 116 Å². The van der Waals surface area contributed by atoms with E-state index in [1.165, 1.54) is 95.3 Å². The van der Waals surface area contributed by atoms with Crippen LogP contribution < -0.4 is 0 Å². The Kier molecular flexibility index (Phi) is 6.02. The van der Waals surface area contributed by atoms with Crippen LogP contribution in [0, 0.1) is 6.92 Å². The minimum atomic E-state index is 1.23.